The Morgan fingerprint density at radius 2 is 1.36 bits per heavy atom. The largest absolute Gasteiger partial charge is 0.491 e. The van der Waals surface area contributed by atoms with Crippen molar-refractivity contribution in [3.05, 3.63) is 59.7 Å². The second-order valence-corrected chi connectivity index (χ2v) is 6.01. The summed E-state index contributed by atoms with van der Waals surface area (Å²) in [6.07, 6.45) is 0. The monoisotopic (exact) mass is 341 g/mol. The van der Waals surface area contributed by atoms with Crippen LogP contribution in [0.1, 0.15) is 11.1 Å². The molecule has 0 aliphatic carbocycles. The molecule has 25 heavy (non-hydrogen) atoms. The Kier molecular flexibility index (Phi) is 7.12. The first-order valence-corrected chi connectivity index (χ1v) is 8.95. The Morgan fingerprint density at radius 1 is 0.680 bits per heavy atom. The molecule has 0 bridgehead atoms. The van der Waals surface area contributed by atoms with Crippen LogP contribution in [0, 0.1) is 0 Å². The summed E-state index contributed by atoms with van der Waals surface area (Å²) in [7, 11) is 0. The first-order valence-electron chi connectivity index (χ1n) is 8.95. The van der Waals surface area contributed by atoms with Crippen molar-refractivity contribution in [1.82, 2.24) is 10.6 Å². The minimum absolute atomic E-state index is 0.627. The Morgan fingerprint density at radius 3 is 2.20 bits per heavy atom. The molecule has 0 saturated carbocycles. The number of anilines is 1. The molecular weight excluding hydrogens is 314 g/mol. The summed E-state index contributed by atoms with van der Waals surface area (Å²) in [5, 5.41) is 10.3. The van der Waals surface area contributed by atoms with Crippen LogP contribution in [0.15, 0.2) is 48.5 Å². The number of nitrogens with one attached hydrogen (secondary N) is 3. The molecule has 3 rings (SSSR count). The van der Waals surface area contributed by atoms with Gasteiger partial charge in [0.25, 0.3) is 0 Å². The van der Waals surface area contributed by atoms with E-state index in [4.69, 9.17) is 9.47 Å². The fourth-order valence-electron chi connectivity index (χ4n) is 2.82. The first kappa shape index (κ1) is 17.7. The number of fused-ring (bicyclic) bond motifs is 2. The molecule has 1 aliphatic heterocycles. The Bertz CT molecular complexity index is 593. The van der Waals surface area contributed by atoms with Gasteiger partial charge in [-0.05, 0) is 17.7 Å². The maximum Gasteiger partial charge on any atom is 0.123 e. The van der Waals surface area contributed by atoms with Gasteiger partial charge in [0.05, 0.1) is 13.2 Å². The summed E-state index contributed by atoms with van der Waals surface area (Å²) in [5.41, 5.74) is 3.58. The molecule has 134 valence electrons. The van der Waals surface area contributed by atoms with E-state index in [0.717, 1.165) is 50.8 Å². The van der Waals surface area contributed by atoms with Gasteiger partial charge < -0.3 is 25.4 Å². The molecule has 1 aliphatic rings. The molecule has 0 atom stereocenters. The van der Waals surface area contributed by atoms with Gasteiger partial charge in [-0.15, -0.1) is 0 Å². The van der Waals surface area contributed by atoms with E-state index in [1.165, 1.54) is 11.1 Å². The van der Waals surface area contributed by atoms with Crippen LogP contribution in [0.4, 0.5) is 5.69 Å². The Hall–Kier alpha value is -2.08. The molecular formula is C20H27N3O2. The third kappa shape index (κ3) is 5.74. The highest BCUT2D eigenvalue weighted by molar-refractivity contribution is 5.51. The minimum Gasteiger partial charge on any atom is -0.491 e. The Labute approximate surface area is 149 Å². The molecule has 0 aromatic heterocycles. The normalized spacial score (nSPS) is 17.3. The van der Waals surface area contributed by atoms with E-state index in [2.05, 4.69) is 46.3 Å². The predicted octanol–water partition coefficient (Wildman–Crippen LogP) is 2.39. The van der Waals surface area contributed by atoms with Gasteiger partial charge in [-0.1, -0.05) is 36.4 Å². The second-order valence-electron chi connectivity index (χ2n) is 6.01. The topological polar surface area (TPSA) is 54.5 Å². The van der Waals surface area contributed by atoms with Crippen LogP contribution in [0.3, 0.4) is 0 Å². The lowest BCUT2D eigenvalue weighted by Gasteiger charge is -2.14. The lowest BCUT2D eigenvalue weighted by Crippen LogP contribution is -2.23. The summed E-state index contributed by atoms with van der Waals surface area (Å²) >= 11 is 0. The van der Waals surface area contributed by atoms with E-state index in [0.29, 0.717) is 13.2 Å². The second kappa shape index (κ2) is 10.0. The van der Waals surface area contributed by atoms with E-state index >= 15 is 0 Å². The number of benzene rings is 2. The van der Waals surface area contributed by atoms with Crippen LogP contribution < -0.4 is 20.7 Å². The third-order valence-electron chi connectivity index (χ3n) is 4.14. The molecule has 0 fully saturated rings. The number of hydrogen-bond acceptors (Lipinski definition) is 5. The van der Waals surface area contributed by atoms with Crippen LogP contribution in [0.25, 0.3) is 0 Å². The lowest BCUT2D eigenvalue weighted by atomic mass is 10.1. The van der Waals surface area contributed by atoms with Gasteiger partial charge in [0.1, 0.15) is 12.4 Å². The van der Waals surface area contributed by atoms with Gasteiger partial charge in [-0.25, -0.2) is 0 Å². The van der Waals surface area contributed by atoms with Crippen molar-refractivity contribution < 1.29 is 9.47 Å². The quantitative estimate of drug-likeness (QED) is 0.687. The summed E-state index contributed by atoms with van der Waals surface area (Å²) in [4.78, 5) is 0. The zero-order valence-corrected chi connectivity index (χ0v) is 14.6. The van der Waals surface area contributed by atoms with Crippen molar-refractivity contribution in [2.24, 2.45) is 0 Å². The van der Waals surface area contributed by atoms with Crippen molar-refractivity contribution >= 4 is 5.69 Å². The van der Waals surface area contributed by atoms with Crippen LogP contribution in [0.2, 0.25) is 0 Å². The van der Waals surface area contributed by atoms with Crippen LogP contribution >= 0.6 is 0 Å². The first-order chi connectivity index (χ1) is 12.4. The SMILES string of the molecule is c1ccc2c(c1)CNCCOCCNCc1ccccc1OCCN2. The molecule has 1 heterocycles. The maximum absolute atomic E-state index is 5.98. The summed E-state index contributed by atoms with van der Waals surface area (Å²) in [6, 6.07) is 16.6. The maximum atomic E-state index is 5.98. The van der Waals surface area contributed by atoms with E-state index in [-0.39, 0.29) is 0 Å². The molecule has 0 unspecified atom stereocenters. The van der Waals surface area contributed by atoms with Crippen molar-refractivity contribution in [3.63, 3.8) is 0 Å². The van der Waals surface area contributed by atoms with Crippen molar-refractivity contribution in [2.75, 3.05) is 44.8 Å². The van der Waals surface area contributed by atoms with E-state index in [1.807, 2.05) is 18.2 Å². The van der Waals surface area contributed by atoms with Gasteiger partial charge >= 0.3 is 0 Å². The van der Waals surface area contributed by atoms with Gasteiger partial charge in [-0.2, -0.15) is 0 Å². The van der Waals surface area contributed by atoms with Crippen LogP contribution in [-0.2, 0) is 17.8 Å². The van der Waals surface area contributed by atoms with E-state index < -0.39 is 0 Å². The number of rotatable bonds is 0. The average molecular weight is 341 g/mol. The zero-order valence-electron chi connectivity index (χ0n) is 14.6. The zero-order chi connectivity index (χ0) is 17.2. The Balaban J connectivity index is 1.64. The van der Waals surface area contributed by atoms with Gasteiger partial charge in [0, 0.05) is 44.0 Å². The highest BCUT2D eigenvalue weighted by Crippen LogP contribution is 2.18. The predicted molar refractivity (Wildman–Crippen MR) is 101 cm³/mol. The van der Waals surface area contributed by atoms with Gasteiger partial charge in [0.2, 0.25) is 0 Å². The summed E-state index contributed by atoms with van der Waals surface area (Å²) in [5.74, 6) is 0.942. The number of para-hydroxylation sites is 2. The molecule has 5 nitrogen and oxygen atoms in total. The van der Waals surface area contributed by atoms with Crippen LogP contribution in [-0.4, -0.2) is 39.5 Å². The summed E-state index contributed by atoms with van der Waals surface area (Å²) < 4.78 is 11.6. The van der Waals surface area contributed by atoms with Crippen molar-refractivity contribution in [3.8, 4) is 5.75 Å². The standard InChI is InChI=1S/C20H27N3O2/c1-3-7-19-17(5-1)15-21-9-12-24-13-10-22-16-18-6-2-4-8-20(18)25-14-11-23-19/h1-8,21-23H,9-16H2. The summed E-state index contributed by atoms with van der Waals surface area (Å²) in [6.45, 7) is 6.12. The highest BCUT2D eigenvalue weighted by Gasteiger charge is 2.05. The number of hydrogen-bond donors (Lipinski definition) is 3. The molecule has 0 amide bonds. The van der Waals surface area contributed by atoms with E-state index in [1.54, 1.807) is 0 Å². The molecule has 5 heteroatoms. The highest BCUT2D eigenvalue weighted by atomic mass is 16.5. The fraction of sp³-hybridized carbons (Fsp3) is 0.400. The number of ether oxygens (including phenoxy) is 2. The lowest BCUT2D eigenvalue weighted by molar-refractivity contribution is 0.137. The fourth-order valence-corrected chi connectivity index (χ4v) is 2.82. The van der Waals surface area contributed by atoms with Gasteiger partial charge in [0.15, 0.2) is 0 Å². The minimum atomic E-state index is 0.627. The molecule has 2 aromatic rings. The molecule has 0 saturated heterocycles. The molecule has 0 spiro atoms. The third-order valence-corrected chi connectivity index (χ3v) is 4.14. The van der Waals surface area contributed by atoms with E-state index in [9.17, 15) is 0 Å². The average Bonchev–Trinajstić information content (AvgIpc) is 2.65. The van der Waals surface area contributed by atoms with Crippen molar-refractivity contribution in [1.29, 1.82) is 0 Å². The van der Waals surface area contributed by atoms with Crippen LogP contribution in [0.5, 0.6) is 5.75 Å². The molecule has 3 N–H and O–H groups in total. The van der Waals surface area contributed by atoms with Crippen molar-refractivity contribution in [2.45, 2.75) is 13.1 Å². The van der Waals surface area contributed by atoms with Gasteiger partial charge in [-0.3, -0.25) is 0 Å². The molecule has 2 aromatic carbocycles. The smallest absolute Gasteiger partial charge is 0.123 e. The molecule has 0 radical (unpaired) electrons.